The molecule has 2 N–H and O–H groups in total. The summed E-state index contributed by atoms with van der Waals surface area (Å²) in [5, 5.41) is 0.659. The maximum Gasteiger partial charge on any atom is 0.138 e. The highest BCUT2D eigenvalue weighted by atomic mass is 35.5. The first kappa shape index (κ1) is 12.0. The zero-order valence-electron chi connectivity index (χ0n) is 8.82. The van der Waals surface area contributed by atoms with Gasteiger partial charge in [0.1, 0.15) is 11.9 Å². The van der Waals surface area contributed by atoms with Crippen molar-refractivity contribution in [3.8, 4) is 5.75 Å². The maximum absolute atomic E-state index is 6.13. The van der Waals surface area contributed by atoms with Crippen LogP contribution in [0.4, 0.5) is 0 Å². The molecular weight excluding hydrogens is 246 g/mol. The Kier molecular flexibility index (Phi) is 4.35. The smallest absolute Gasteiger partial charge is 0.138 e. The Morgan fingerprint density at radius 2 is 2.25 bits per heavy atom. The Hall–Kier alpha value is -0.420. The summed E-state index contributed by atoms with van der Waals surface area (Å²) in [7, 11) is 0. The summed E-state index contributed by atoms with van der Waals surface area (Å²) >= 11 is 8.02. The van der Waals surface area contributed by atoms with Gasteiger partial charge in [-0.2, -0.15) is 11.8 Å². The third-order valence-corrected chi connectivity index (χ3v) is 3.92. The lowest BCUT2D eigenvalue weighted by Gasteiger charge is -2.26. The van der Waals surface area contributed by atoms with Crippen molar-refractivity contribution in [1.82, 2.24) is 0 Å². The second-order valence-corrected chi connectivity index (χ2v) is 5.14. The third kappa shape index (κ3) is 3.04. The number of hydrogen-bond acceptors (Lipinski definition) is 4. The zero-order chi connectivity index (χ0) is 11.4. The van der Waals surface area contributed by atoms with Crippen LogP contribution in [0, 0.1) is 0 Å². The number of rotatable bonds is 5. The first-order chi connectivity index (χ1) is 7.79. The van der Waals surface area contributed by atoms with E-state index in [1.54, 1.807) is 0 Å². The van der Waals surface area contributed by atoms with Gasteiger partial charge in [-0.25, -0.2) is 5.90 Å². The van der Waals surface area contributed by atoms with Crippen molar-refractivity contribution < 1.29 is 9.57 Å². The van der Waals surface area contributed by atoms with E-state index < -0.39 is 0 Å². The third-order valence-electron chi connectivity index (χ3n) is 2.41. The predicted octanol–water partition coefficient (Wildman–Crippen LogP) is 2.27. The Bertz CT molecular complexity index is 358. The van der Waals surface area contributed by atoms with Gasteiger partial charge in [0, 0.05) is 11.5 Å². The van der Waals surface area contributed by atoms with Crippen LogP contribution in [-0.4, -0.2) is 24.2 Å². The number of ether oxygens (including phenoxy) is 1. The molecule has 0 bridgehead atoms. The largest absolute Gasteiger partial charge is 0.487 e. The molecule has 1 saturated heterocycles. The molecule has 5 heteroatoms. The van der Waals surface area contributed by atoms with E-state index in [2.05, 4.69) is 4.84 Å². The summed E-state index contributed by atoms with van der Waals surface area (Å²) in [6.07, 6.45) is 1.08. The monoisotopic (exact) mass is 259 g/mol. The molecule has 0 aliphatic carbocycles. The van der Waals surface area contributed by atoms with Gasteiger partial charge in [0.25, 0.3) is 0 Å². The van der Waals surface area contributed by atoms with E-state index in [0.717, 1.165) is 29.2 Å². The normalized spacial score (nSPS) is 15.9. The van der Waals surface area contributed by atoms with E-state index in [-0.39, 0.29) is 0 Å². The van der Waals surface area contributed by atoms with Gasteiger partial charge >= 0.3 is 0 Å². The minimum atomic E-state index is 0.320. The SMILES string of the molecule is NOCCc1ccc(OC2CSC2)c(Cl)c1. The molecule has 3 nitrogen and oxygen atoms in total. The first-order valence-electron chi connectivity index (χ1n) is 5.14. The van der Waals surface area contributed by atoms with Crippen molar-refractivity contribution in [2.75, 3.05) is 18.1 Å². The molecule has 0 spiro atoms. The molecule has 2 rings (SSSR count). The Balaban J connectivity index is 1.97. The fourth-order valence-electron chi connectivity index (χ4n) is 1.43. The summed E-state index contributed by atoms with van der Waals surface area (Å²) < 4.78 is 5.73. The number of benzene rings is 1. The summed E-state index contributed by atoms with van der Waals surface area (Å²) in [6.45, 7) is 0.496. The van der Waals surface area contributed by atoms with Crippen LogP contribution in [0.5, 0.6) is 5.75 Å². The summed E-state index contributed by atoms with van der Waals surface area (Å²) in [4.78, 5) is 4.53. The molecule has 1 heterocycles. The van der Waals surface area contributed by atoms with Gasteiger partial charge in [0.2, 0.25) is 0 Å². The van der Waals surface area contributed by atoms with Crippen molar-refractivity contribution in [2.45, 2.75) is 12.5 Å². The maximum atomic E-state index is 6.13. The van der Waals surface area contributed by atoms with E-state index in [1.807, 2.05) is 30.0 Å². The van der Waals surface area contributed by atoms with Crippen molar-refractivity contribution in [3.63, 3.8) is 0 Å². The Morgan fingerprint density at radius 1 is 1.44 bits per heavy atom. The molecule has 1 aliphatic rings. The van der Waals surface area contributed by atoms with Crippen LogP contribution in [0.3, 0.4) is 0 Å². The van der Waals surface area contributed by atoms with Crippen LogP contribution in [0.1, 0.15) is 5.56 Å². The minimum absolute atomic E-state index is 0.320. The molecule has 16 heavy (non-hydrogen) atoms. The molecule has 0 unspecified atom stereocenters. The molecule has 0 saturated carbocycles. The number of halogens is 1. The lowest BCUT2D eigenvalue weighted by molar-refractivity contribution is 0.141. The topological polar surface area (TPSA) is 44.5 Å². The number of thioether (sulfide) groups is 1. The van der Waals surface area contributed by atoms with Gasteiger partial charge < -0.3 is 9.57 Å². The van der Waals surface area contributed by atoms with Crippen molar-refractivity contribution in [3.05, 3.63) is 28.8 Å². The highest BCUT2D eigenvalue weighted by molar-refractivity contribution is 8.00. The lowest BCUT2D eigenvalue weighted by Crippen LogP contribution is -2.31. The lowest BCUT2D eigenvalue weighted by atomic mass is 10.1. The Morgan fingerprint density at radius 3 is 2.81 bits per heavy atom. The molecule has 0 atom stereocenters. The van der Waals surface area contributed by atoms with Gasteiger partial charge in [-0.1, -0.05) is 17.7 Å². The van der Waals surface area contributed by atoms with E-state index in [1.165, 1.54) is 0 Å². The molecule has 1 aliphatic heterocycles. The van der Waals surface area contributed by atoms with E-state index in [0.29, 0.717) is 17.7 Å². The Labute approximate surface area is 104 Å². The second-order valence-electron chi connectivity index (χ2n) is 3.66. The summed E-state index contributed by atoms with van der Waals surface area (Å²) in [5.41, 5.74) is 1.10. The van der Waals surface area contributed by atoms with E-state index in [4.69, 9.17) is 22.2 Å². The summed E-state index contributed by atoms with van der Waals surface area (Å²) in [5.74, 6) is 7.85. The van der Waals surface area contributed by atoms with Gasteiger partial charge in [-0.15, -0.1) is 0 Å². The summed E-state index contributed by atoms with van der Waals surface area (Å²) in [6, 6.07) is 5.81. The van der Waals surface area contributed by atoms with Crippen LogP contribution in [0.15, 0.2) is 18.2 Å². The molecule has 88 valence electrons. The second kappa shape index (κ2) is 5.77. The van der Waals surface area contributed by atoms with Crippen LogP contribution in [-0.2, 0) is 11.3 Å². The standard InChI is InChI=1S/C11H14ClNO2S/c12-10-5-8(3-4-14-13)1-2-11(10)15-9-6-16-7-9/h1-2,5,9H,3-4,6-7,13H2. The predicted molar refractivity (Wildman–Crippen MR) is 67.0 cm³/mol. The van der Waals surface area contributed by atoms with Crippen LogP contribution < -0.4 is 10.6 Å². The van der Waals surface area contributed by atoms with Gasteiger partial charge in [0.05, 0.1) is 11.6 Å². The zero-order valence-corrected chi connectivity index (χ0v) is 10.4. The average molecular weight is 260 g/mol. The number of hydrogen-bond donors (Lipinski definition) is 1. The van der Waals surface area contributed by atoms with Crippen molar-refractivity contribution in [1.29, 1.82) is 0 Å². The molecule has 1 aromatic rings. The van der Waals surface area contributed by atoms with Crippen molar-refractivity contribution in [2.24, 2.45) is 5.90 Å². The fraction of sp³-hybridized carbons (Fsp3) is 0.455. The fourth-order valence-corrected chi connectivity index (χ4v) is 2.25. The molecule has 0 radical (unpaired) electrons. The van der Waals surface area contributed by atoms with Crippen LogP contribution >= 0.6 is 23.4 Å². The number of nitrogens with two attached hydrogens (primary N) is 1. The van der Waals surface area contributed by atoms with Crippen LogP contribution in [0.25, 0.3) is 0 Å². The highest BCUT2D eigenvalue weighted by Gasteiger charge is 2.20. The van der Waals surface area contributed by atoms with Crippen molar-refractivity contribution >= 4 is 23.4 Å². The van der Waals surface area contributed by atoms with Crippen LogP contribution in [0.2, 0.25) is 5.02 Å². The molecule has 0 aromatic heterocycles. The molecular formula is C11H14ClNO2S. The van der Waals surface area contributed by atoms with E-state index >= 15 is 0 Å². The molecule has 0 amide bonds. The molecule has 1 fully saturated rings. The minimum Gasteiger partial charge on any atom is -0.487 e. The van der Waals surface area contributed by atoms with Gasteiger partial charge in [-0.3, -0.25) is 0 Å². The first-order valence-corrected chi connectivity index (χ1v) is 6.67. The highest BCUT2D eigenvalue weighted by Crippen LogP contribution is 2.30. The quantitative estimate of drug-likeness (QED) is 0.824. The average Bonchev–Trinajstić information content (AvgIpc) is 2.22. The van der Waals surface area contributed by atoms with Gasteiger partial charge in [-0.05, 0) is 24.1 Å². The van der Waals surface area contributed by atoms with Gasteiger partial charge in [0.15, 0.2) is 0 Å². The van der Waals surface area contributed by atoms with E-state index in [9.17, 15) is 0 Å². The molecule has 1 aromatic carbocycles.